The lowest BCUT2D eigenvalue weighted by atomic mass is 10.3. The molecule has 1 N–H and O–H groups in total. The number of hydrogen-bond donors (Lipinski definition) is 1. The lowest BCUT2D eigenvalue weighted by molar-refractivity contribution is 0.413. The summed E-state index contributed by atoms with van der Waals surface area (Å²) >= 11 is 4.74. The van der Waals surface area contributed by atoms with Gasteiger partial charge >= 0.3 is 0 Å². The molecule has 64 valence electrons. The molecule has 0 aromatic heterocycles. The number of anilines is 1. The molecule has 0 fully saturated rings. The molecule has 12 heavy (non-hydrogen) atoms. The summed E-state index contributed by atoms with van der Waals surface area (Å²) in [5, 5.41) is 3.03. The summed E-state index contributed by atoms with van der Waals surface area (Å²) in [6.07, 6.45) is 0. The Labute approximate surface area is 75.3 Å². The van der Waals surface area contributed by atoms with Crippen LogP contribution in [0.4, 0.5) is 10.1 Å². The van der Waals surface area contributed by atoms with Gasteiger partial charge in [-0.05, 0) is 36.5 Å². The molecule has 0 aliphatic heterocycles. The first kappa shape index (κ1) is 8.93. The number of benzene rings is 1. The Morgan fingerprint density at radius 3 is 2.50 bits per heavy atom. The van der Waals surface area contributed by atoms with Crippen LogP contribution in [0.5, 0.6) is 0 Å². The lowest BCUT2D eigenvalue weighted by Gasteiger charge is -2.04. The summed E-state index contributed by atoms with van der Waals surface area (Å²) in [5.74, 6) is -0.274. The van der Waals surface area contributed by atoms with Crippen LogP contribution >= 0.6 is 12.2 Å². The molecule has 1 rings (SSSR count). The van der Waals surface area contributed by atoms with Gasteiger partial charge in [0.2, 0.25) is 0 Å². The lowest BCUT2D eigenvalue weighted by Crippen LogP contribution is -2.10. The van der Waals surface area contributed by atoms with E-state index in [0.717, 1.165) is 0 Å². The van der Waals surface area contributed by atoms with Crippen LogP contribution in [0, 0.1) is 5.82 Å². The van der Waals surface area contributed by atoms with Crippen LogP contribution in [0.25, 0.3) is 0 Å². The zero-order chi connectivity index (χ0) is 8.97. The Bertz CT molecular complexity index is 273. The van der Waals surface area contributed by atoms with Gasteiger partial charge in [0, 0.05) is 5.69 Å². The summed E-state index contributed by atoms with van der Waals surface area (Å²) < 4.78 is 17.1. The SMILES string of the molecule is COC(=S)Nc1ccc(F)cc1. The number of methoxy groups -OCH3 is 1. The monoisotopic (exact) mass is 185 g/mol. The minimum absolute atomic E-state index is 0.265. The van der Waals surface area contributed by atoms with Crippen molar-refractivity contribution in [1.82, 2.24) is 0 Å². The Balaban J connectivity index is 2.64. The highest BCUT2D eigenvalue weighted by molar-refractivity contribution is 7.80. The van der Waals surface area contributed by atoms with Crippen molar-refractivity contribution >= 4 is 23.1 Å². The van der Waals surface area contributed by atoms with Crippen molar-refractivity contribution in [2.45, 2.75) is 0 Å². The van der Waals surface area contributed by atoms with Gasteiger partial charge in [-0.2, -0.15) is 0 Å². The molecule has 1 aromatic rings. The van der Waals surface area contributed by atoms with Gasteiger partial charge < -0.3 is 10.1 Å². The maximum absolute atomic E-state index is 12.4. The van der Waals surface area contributed by atoms with Crippen molar-refractivity contribution in [2.24, 2.45) is 0 Å². The second kappa shape index (κ2) is 4.01. The molecule has 0 bridgehead atoms. The highest BCUT2D eigenvalue weighted by Crippen LogP contribution is 2.07. The summed E-state index contributed by atoms with van der Waals surface area (Å²) in [5.41, 5.74) is 0.711. The standard InChI is InChI=1S/C8H8FNOS/c1-11-8(12)10-7-4-2-6(9)3-5-7/h2-5H,1H3,(H,10,12). The summed E-state index contributed by atoms with van der Waals surface area (Å²) in [7, 11) is 1.47. The molecule has 0 unspecified atom stereocenters. The first-order chi connectivity index (χ1) is 5.72. The van der Waals surface area contributed by atoms with E-state index in [1.54, 1.807) is 12.1 Å². The quantitative estimate of drug-likeness (QED) is 0.677. The fourth-order valence-electron chi connectivity index (χ4n) is 0.702. The van der Waals surface area contributed by atoms with Gasteiger partial charge in [-0.1, -0.05) is 0 Å². The van der Waals surface area contributed by atoms with Gasteiger partial charge in [-0.15, -0.1) is 0 Å². The Morgan fingerprint density at radius 2 is 2.00 bits per heavy atom. The summed E-state index contributed by atoms with van der Waals surface area (Å²) in [4.78, 5) is 0. The van der Waals surface area contributed by atoms with E-state index >= 15 is 0 Å². The van der Waals surface area contributed by atoms with Crippen molar-refractivity contribution < 1.29 is 9.13 Å². The molecule has 1 aromatic carbocycles. The number of thiocarbonyl (C=S) groups is 1. The molecule has 0 heterocycles. The average molecular weight is 185 g/mol. The zero-order valence-corrected chi connectivity index (χ0v) is 7.32. The van der Waals surface area contributed by atoms with Crippen LogP contribution in [0.15, 0.2) is 24.3 Å². The summed E-state index contributed by atoms with van der Waals surface area (Å²) in [6.45, 7) is 0. The molecular weight excluding hydrogens is 177 g/mol. The zero-order valence-electron chi connectivity index (χ0n) is 6.50. The molecule has 0 spiro atoms. The molecule has 0 aliphatic rings. The van der Waals surface area contributed by atoms with Crippen molar-refractivity contribution in [3.8, 4) is 0 Å². The summed E-state index contributed by atoms with van der Waals surface area (Å²) in [6, 6.07) is 5.86. The van der Waals surface area contributed by atoms with Crippen molar-refractivity contribution in [2.75, 3.05) is 12.4 Å². The van der Waals surface area contributed by atoms with E-state index in [-0.39, 0.29) is 11.0 Å². The predicted molar refractivity (Wildman–Crippen MR) is 49.6 cm³/mol. The molecule has 4 heteroatoms. The van der Waals surface area contributed by atoms with E-state index in [1.165, 1.54) is 19.2 Å². The molecular formula is C8H8FNOS. The first-order valence-electron chi connectivity index (χ1n) is 3.33. The minimum Gasteiger partial charge on any atom is -0.474 e. The fourth-order valence-corrected chi connectivity index (χ4v) is 0.820. The first-order valence-corrected chi connectivity index (χ1v) is 3.74. The maximum atomic E-state index is 12.4. The molecule has 0 amide bonds. The Morgan fingerprint density at radius 1 is 1.42 bits per heavy atom. The number of ether oxygens (including phenoxy) is 1. The van der Waals surface area contributed by atoms with Crippen LogP contribution in [0.1, 0.15) is 0 Å². The second-order valence-electron chi connectivity index (χ2n) is 2.12. The molecule has 0 radical (unpaired) electrons. The van der Waals surface area contributed by atoms with Crippen LogP contribution < -0.4 is 5.32 Å². The molecule has 0 saturated heterocycles. The van der Waals surface area contributed by atoms with Gasteiger partial charge in [0.05, 0.1) is 7.11 Å². The van der Waals surface area contributed by atoms with E-state index in [9.17, 15) is 4.39 Å². The topological polar surface area (TPSA) is 21.3 Å². The molecule has 2 nitrogen and oxygen atoms in total. The highest BCUT2D eigenvalue weighted by Gasteiger charge is 1.95. The number of rotatable bonds is 1. The molecule has 0 aliphatic carbocycles. The Hall–Kier alpha value is -1.16. The van der Waals surface area contributed by atoms with E-state index < -0.39 is 0 Å². The predicted octanol–water partition coefficient (Wildman–Crippen LogP) is 2.17. The maximum Gasteiger partial charge on any atom is 0.260 e. The Kier molecular flexibility index (Phi) is 2.99. The van der Waals surface area contributed by atoms with E-state index in [0.29, 0.717) is 5.69 Å². The smallest absolute Gasteiger partial charge is 0.260 e. The third kappa shape index (κ3) is 2.47. The van der Waals surface area contributed by atoms with Gasteiger partial charge in [0.1, 0.15) is 5.82 Å². The second-order valence-corrected chi connectivity index (χ2v) is 2.49. The number of halogens is 1. The van der Waals surface area contributed by atoms with Crippen LogP contribution in [0.3, 0.4) is 0 Å². The number of nitrogens with one attached hydrogen (secondary N) is 1. The molecule has 0 saturated carbocycles. The van der Waals surface area contributed by atoms with Crippen LogP contribution in [-0.2, 0) is 4.74 Å². The van der Waals surface area contributed by atoms with E-state index in [4.69, 9.17) is 17.0 Å². The van der Waals surface area contributed by atoms with Gasteiger partial charge in [-0.3, -0.25) is 0 Å². The van der Waals surface area contributed by atoms with E-state index in [2.05, 4.69) is 5.32 Å². The fraction of sp³-hybridized carbons (Fsp3) is 0.125. The van der Waals surface area contributed by atoms with E-state index in [1.807, 2.05) is 0 Å². The van der Waals surface area contributed by atoms with Gasteiger partial charge in [0.25, 0.3) is 5.17 Å². The van der Waals surface area contributed by atoms with Crippen molar-refractivity contribution in [1.29, 1.82) is 0 Å². The molecule has 0 atom stereocenters. The largest absolute Gasteiger partial charge is 0.474 e. The van der Waals surface area contributed by atoms with Gasteiger partial charge in [-0.25, -0.2) is 4.39 Å². The van der Waals surface area contributed by atoms with Crippen LogP contribution in [0.2, 0.25) is 0 Å². The normalized spacial score (nSPS) is 9.17. The van der Waals surface area contributed by atoms with Gasteiger partial charge in [0.15, 0.2) is 0 Å². The average Bonchev–Trinajstić information content (AvgIpc) is 2.09. The minimum atomic E-state index is -0.274. The third-order valence-corrected chi connectivity index (χ3v) is 1.54. The third-order valence-electron chi connectivity index (χ3n) is 1.28. The van der Waals surface area contributed by atoms with Crippen molar-refractivity contribution in [3.63, 3.8) is 0 Å². The number of hydrogen-bond acceptors (Lipinski definition) is 2. The highest BCUT2D eigenvalue weighted by atomic mass is 32.1. The van der Waals surface area contributed by atoms with Crippen molar-refractivity contribution in [3.05, 3.63) is 30.1 Å². The van der Waals surface area contributed by atoms with Crippen LogP contribution in [-0.4, -0.2) is 12.3 Å².